The van der Waals surface area contributed by atoms with E-state index in [1.165, 1.54) is 19.3 Å². The van der Waals surface area contributed by atoms with Crippen LogP contribution < -0.4 is 20.7 Å². The Kier molecular flexibility index (Phi) is 6.41. The van der Waals surface area contributed by atoms with Gasteiger partial charge in [0.15, 0.2) is 0 Å². The van der Waals surface area contributed by atoms with Gasteiger partial charge in [-0.1, -0.05) is 0 Å². The summed E-state index contributed by atoms with van der Waals surface area (Å²) in [4.78, 5) is 21.8. The first-order valence-electron chi connectivity index (χ1n) is 12.4. The second-order valence-corrected chi connectivity index (χ2v) is 9.96. The highest BCUT2D eigenvalue weighted by Crippen LogP contribution is 2.28. The standard InChI is InChI=1S/C26H35N7O/c1-19(21-14-29-33(17-21)25-11-24(30(2)3)15-27-16-25)32-10-8-23(12-26(32)34)31-9-4-5-22(18-31)28-13-20-6-7-20/h8,10-12,14-17,19-20,22,28H,4-7,9,13,18H2,1-3H3/t19?,22-/m1/s1. The van der Waals surface area contributed by atoms with Crippen molar-refractivity contribution in [3.63, 3.8) is 0 Å². The molecule has 4 heterocycles. The van der Waals surface area contributed by atoms with Crippen LogP contribution in [0.2, 0.25) is 0 Å². The third-order valence-corrected chi connectivity index (χ3v) is 7.10. The molecule has 34 heavy (non-hydrogen) atoms. The molecule has 1 unspecified atom stereocenters. The molecule has 1 saturated heterocycles. The topological polar surface area (TPSA) is 71.2 Å². The summed E-state index contributed by atoms with van der Waals surface area (Å²) in [7, 11) is 3.98. The van der Waals surface area contributed by atoms with Crippen LogP contribution in [0.3, 0.4) is 0 Å². The molecule has 3 aromatic heterocycles. The summed E-state index contributed by atoms with van der Waals surface area (Å²) in [5.41, 5.74) is 3.92. The number of piperidine rings is 1. The van der Waals surface area contributed by atoms with Gasteiger partial charge in [0.2, 0.25) is 0 Å². The third kappa shape index (κ3) is 5.01. The van der Waals surface area contributed by atoms with E-state index in [-0.39, 0.29) is 11.6 Å². The van der Waals surface area contributed by atoms with Crippen LogP contribution >= 0.6 is 0 Å². The molecule has 0 bridgehead atoms. The van der Waals surface area contributed by atoms with E-state index in [9.17, 15) is 4.79 Å². The van der Waals surface area contributed by atoms with Crippen molar-refractivity contribution in [2.75, 3.05) is 43.5 Å². The summed E-state index contributed by atoms with van der Waals surface area (Å²) in [5.74, 6) is 0.887. The van der Waals surface area contributed by atoms with Crippen LogP contribution in [-0.4, -0.2) is 59.1 Å². The molecule has 2 atom stereocenters. The van der Waals surface area contributed by atoms with E-state index in [2.05, 4.69) is 26.4 Å². The van der Waals surface area contributed by atoms with Gasteiger partial charge >= 0.3 is 0 Å². The minimum Gasteiger partial charge on any atom is -0.376 e. The largest absolute Gasteiger partial charge is 0.376 e. The highest BCUT2D eigenvalue weighted by atomic mass is 16.1. The lowest BCUT2D eigenvalue weighted by Gasteiger charge is -2.35. The van der Waals surface area contributed by atoms with Crippen LogP contribution in [0.15, 0.2) is 54.0 Å². The fourth-order valence-electron chi connectivity index (χ4n) is 4.67. The van der Waals surface area contributed by atoms with Gasteiger partial charge in [0.05, 0.1) is 36.0 Å². The smallest absolute Gasteiger partial charge is 0.253 e. The van der Waals surface area contributed by atoms with Crippen molar-refractivity contribution in [2.45, 2.75) is 44.7 Å². The first kappa shape index (κ1) is 22.7. The molecule has 0 spiro atoms. The number of nitrogens with one attached hydrogen (secondary N) is 1. The van der Waals surface area contributed by atoms with Gasteiger partial charge < -0.3 is 19.7 Å². The van der Waals surface area contributed by atoms with Gasteiger partial charge in [-0.3, -0.25) is 9.78 Å². The monoisotopic (exact) mass is 461 g/mol. The van der Waals surface area contributed by atoms with Crippen LogP contribution in [0, 0.1) is 5.92 Å². The molecule has 1 N–H and O–H groups in total. The molecule has 1 aliphatic heterocycles. The number of aromatic nitrogens is 4. The zero-order chi connectivity index (χ0) is 23.7. The van der Waals surface area contributed by atoms with Crippen molar-refractivity contribution in [1.82, 2.24) is 24.6 Å². The van der Waals surface area contributed by atoms with E-state index in [0.29, 0.717) is 6.04 Å². The third-order valence-electron chi connectivity index (χ3n) is 7.10. The maximum Gasteiger partial charge on any atom is 0.253 e. The first-order chi connectivity index (χ1) is 16.5. The Morgan fingerprint density at radius 1 is 1.15 bits per heavy atom. The Morgan fingerprint density at radius 2 is 2.00 bits per heavy atom. The molecule has 5 rings (SSSR count). The molecule has 8 nitrogen and oxygen atoms in total. The Hall–Kier alpha value is -3.13. The number of rotatable bonds is 8. The Labute approximate surface area is 201 Å². The van der Waals surface area contributed by atoms with Crippen molar-refractivity contribution in [3.8, 4) is 5.69 Å². The maximum atomic E-state index is 13.1. The summed E-state index contributed by atoms with van der Waals surface area (Å²) in [6.45, 7) is 5.16. The van der Waals surface area contributed by atoms with Gasteiger partial charge in [-0.25, -0.2) is 4.68 Å². The fraction of sp³-hybridized carbons (Fsp3) is 0.500. The van der Waals surface area contributed by atoms with Crippen molar-refractivity contribution in [2.24, 2.45) is 5.92 Å². The molecule has 1 aliphatic carbocycles. The number of hydrogen-bond donors (Lipinski definition) is 1. The predicted molar refractivity (Wildman–Crippen MR) is 136 cm³/mol. The lowest BCUT2D eigenvalue weighted by Crippen LogP contribution is -2.46. The summed E-state index contributed by atoms with van der Waals surface area (Å²) in [6.07, 6.45) is 14.5. The summed E-state index contributed by atoms with van der Waals surface area (Å²) < 4.78 is 3.60. The highest BCUT2D eigenvalue weighted by Gasteiger charge is 2.25. The summed E-state index contributed by atoms with van der Waals surface area (Å²) in [6, 6.07) is 6.31. The molecular weight excluding hydrogens is 426 g/mol. The van der Waals surface area contributed by atoms with Crippen LogP contribution in [-0.2, 0) is 0 Å². The van der Waals surface area contributed by atoms with Crippen molar-refractivity contribution in [1.29, 1.82) is 0 Å². The summed E-state index contributed by atoms with van der Waals surface area (Å²) >= 11 is 0. The minimum atomic E-state index is -0.116. The van der Waals surface area contributed by atoms with Crippen LogP contribution in [0.4, 0.5) is 11.4 Å². The van der Waals surface area contributed by atoms with E-state index >= 15 is 0 Å². The van der Waals surface area contributed by atoms with Crippen LogP contribution in [0.1, 0.15) is 44.2 Å². The molecule has 3 aromatic rings. The second kappa shape index (κ2) is 9.62. The Morgan fingerprint density at radius 3 is 2.76 bits per heavy atom. The minimum absolute atomic E-state index is 0.0158. The first-order valence-corrected chi connectivity index (χ1v) is 12.4. The highest BCUT2D eigenvalue weighted by molar-refractivity contribution is 5.49. The molecule has 180 valence electrons. The van der Waals surface area contributed by atoms with E-state index in [1.54, 1.807) is 16.8 Å². The second-order valence-electron chi connectivity index (χ2n) is 9.96. The quantitative estimate of drug-likeness (QED) is 0.556. The molecule has 0 amide bonds. The molecule has 0 aromatic carbocycles. The maximum absolute atomic E-state index is 13.1. The molecular formula is C26H35N7O. The molecule has 1 saturated carbocycles. The number of pyridine rings is 2. The summed E-state index contributed by atoms with van der Waals surface area (Å²) in [5, 5.41) is 8.26. The van der Waals surface area contributed by atoms with Gasteiger partial charge in [0, 0.05) is 62.9 Å². The van der Waals surface area contributed by atoms with Crippen molar-refractivity contribution >= 4 is 11.4 Å². The van der Waals surface area contributed by atoms with E-state index in [4.69, 9.17) is 0 Å². The molecule has 2 fully saturated rings. The van der Waals surface area contributed by atoms with Gasteiger partial charge in [-0.2, -0.15) is 5.10 Å². The van der Waals surface area contributed by atoms with Crippen LogP contribution in [0.25, 0.3) is 5.69 Å². The molecule has 8 heteroatoms. The van der Waals surface area contributed by atoms with Gasteiger partial charge in [-0.15, -0.1) is 0 Å². The molecule has 0 radical (unpaired) electrons. The number of anilines is 2. The van der Waals surface area contributed by atoms with Crippen molar-refractivity contribution in [3.05, 3.63) is 65.1 Å². The van der Waals surface area contributed by atoms with Gasteiger partial charge in [-0.05, 0) is 57.2 Å². The number of nitrogens with zero attached hydrogens (tertiary/aromatic N) is 6. The van der Waals surface area contributed by atoms with Gasteiger partial charge in [0.25, 0.3) is 5.56 Å². The average molecular weight is 462 g/mol. The van der Waals surface area contributed by atoms with E-state index in [1.807, 2.05) is 61.5 Å². The normalized spacial score (nSPS) is 19.3. The lowest BCUT2D eigenvalue weighted by molar-refractivity contribution is 0.416. The molecule has 2 aliphatic rings. The lowest BCUT2D eigenvalue weighted by atomic mass is 10.0. The number of hydrogen-bond acceptors (Lipinski definition) is 6. The fourth-order valence-corrected chi connectivity index (χ4v) is 4.67. The van der Waals surface area contributed by atoms with E-state index < -0.39 is 0 Å². The Bertz CT molecular complexity index is 1180. The zero-order valence-electron chi connectivity index (χ0n) is 20.4. The average Bonchev–Trinajstić information content (AvgIpc) is 3.56. The van der Waals surface area contributed by atoms with E-state index in [0.717, 1.165) is 54.6 Å². The Balaban J connectivity index is 1.29. The van der Waals surface area contributed by atoms with Crippen molar-refractivity contribution < 1.29 is 0 Å². The van der Waals surface area contributed by atoms with Gasteiger partial charge in [0.1, 0.15) is 0 Å². The predicted octanol–water partition coefficient (Wildman–Crippen LogP) is 3.07. The SMILES string of the molecule is CC(c1cnn(-c2cncc(N(C)C)c2)c1)n1ccc(N2CCC[C@@H](NCC3CC3)C2)cc1=O. The zero-order valence-corrected chi connectivity index (χ0v) is 20.4. The van der Waals surface area contributed by atoms with Crippen LogP contribution in [0.5, 0.6) is 0 Å².